The van der Waals surface area contributed by atoms with E-state index in [2.05, 4.69) is 4.98 Å². The summed E-state index contributed by atoms with van der Waals surface area (Å²) >= 11 is 0. The number of fused-ring (bicyclic) bond motifs is 1. The van der Waals surface area contributed by atoms with Gasteiger partial charge in [-0.2, -0.15) is 8.78 Å². The fraction of sp³-hybridized carbons (Fsp3) is 0.227. The molecular formula is C22H20F2N2O4S. The van der Waals surface area contributed by atoms with E-state index < -0.39 is 21.9 Å². The van der Waals surface area contributed by atoms with Crippen LogP contribution in [-0.4, -0.2) is 30.9 Å². The van der Waals surface area contributed by atoms with Crippen LogP contribution in [0.2, 0.25) is 0 Å². The number of halogens is 2. The minimum atomic E-state index is -4.81. The molecule has 2 heterocycles. The topological polar surface area (TPSA) is 88.5 Å². The van der Waals surface area contributed by atoms with E-state index in [1.807, 2.05) is 22.9 Å². The normalized spacial score (nSPS) is 18.3. The number of ether oxygens (including phenoxy) is 1. The number of nitrogens with one attached hydrogen (secondary N) is 1. The zero-order valence-electron chi connectivity index (χ0n) is 16.3. The van der Waals surface area contributed by atoms with Crippen molar-refractivity contribution in [1.82, 2.24) is 4.98 Å². The molecule has 4 rings (SSSR count). The molecule has 0 radical (unpaired) electrons. The molecular weight excluding hydrogens is 426 g/mol. The Hall–Kier alpha value is -3.04. The van der Waals surface area contributed by atoms with E-state index in [0.29, 0.717) is 28.9 Å². The Morgan fingerprint density at radius 3 is 2.65 bits per heavy atom. The molecule has 0 bridgehead atoms. The highest BCUT2D eigenvalue weighted by atomic mass is 32.2. The monoisotopic (exact) mass is 446 g/mol. The van der Waals surface area contributed by atoms with Crippen molar-refractivity contribution in [3.05, 3.63) is 78.1 Å². The van der Waals surface area contributed by atoms with Crippen LogP contribution >= 0.6 is 0 Å². The summed E-state index contributed by atoms with van der Waals surface area (Å²) in [6.07, 6.45) is 1.50. The second-order valence-electron chi connectivity index (χ2n) is 7.25. The van der Waals surface area contributed by atoms with Crippen LogP contribution in [0, 0.1) is 5.92 Å². The third-order valence-electron chi connectivity index (χ3n) is 5.15. The van der Waals surface area contributed by atoms with Crippen LogP contribution in [0.1, 0.15) is 17.4 Å². The fourth-order valence-corrected chi connectivity index (χ4v) is 4.17. The number of sulfonamides is 1. The maximum Gasteiger partial charge on any atom is 0.355 e. The molecule has 3 aromatic rings. The van der Waals surface area contributed by atoms with Gasteiger partial charge in [-0.1, -0.05) is 36.4 Å². The first-order chi connectivity index (χ1) is 14.8. The number of hydrogen-bond acceptors (Lipinski definition) is 5. The molecule has 0 saturated carbocycles. The summed E-state index contributed by atoms with van der Waals surface area (Å²) in [5.74, 6) is -3.24. The standard InChI is InChI=1S/C22H20F2N2O4S/c23-22(24)31(28,29)26-19-7-2-1-6-17(19)14-8-9-18-20(12-14)30-13-15(21(18)27)11-16-5-3-4-10-25-16/h1-10,12,15,21-22,26-27H,11,13H2/t15-,21+/m0/s1. The SMILES string of the molecule is O=S(=O)(Nc1ccccc1-c1ccc2c(c1)OC[C@H](Cc1ccccn1)[C@H]2O)C(F)F. The maximum atomic E-state index is 12.8. The summed E-state index contributed by atoms with van der Waals surface area (Å²) in [6, 6.07) is 16.9. The molecule has 1 aliphatic heterocycles. The van der Waals surface area contributed by atoms with E-state index >= 15 is 0 Å². The molecule has 2 atom stereocenters. The smallest absolute Gasteiger partial charge is 0.355 e. The third kappa shape index (κ3) is 4.52. The Kier molecular flexibility index (Phi) is 5.88. The van der Waals surface area contributed by atoms with E-state index in [1.165, 1.54) is 6.07 Å². The minimum Gasteiger partial charge on any atom is -0.493 e. The number of para-hydroxylation sites is 1. The highest BCUT2D eigenvalue weighted by Gasteiger charge is 2.30. The van der Waals surface area contributed by atoms with Gasteiger partial charge < -0.3 is 9.84 Å². The van der Waals surface area contributed by atoms with Crippen LogP contribution in [0.5, 0.6) is 5.75 Å². The molecule has 0 amide bonds. The predicted octanol–water partition coefficient (Wildman–Crippen LogP) is 4.00. The third-order valence-corrected chi connectivity index (χ3v) is 6.13. The van der Waals surface area contributed by atoms with Crippen LogP contribution in [0.3, 0.4) is 0 Å². The Balaban J connectivity index is 1.61. The zero-order chi connectivity index (χ0) is 22.0. The average Bonchev–Trinajstić information content (AvgIpc) is 2.76. The lowest BCUT2D eigenvalue weighted by Gasteiger charge is -2.30. The molecule has 0 unspecified atom stereocenters. The molecule has 1 aromatic heterocycles. The van der Waals surface area contributed by atoms with E-state index in [9.17, 15) is 22.3 Å². The van der Waals surface area contributed by atoms with Gasteiger partial charge in [0, 0.05) is 28.9 Å². The Bertz CT molecular complexity index is 1170. The average molecular weight is 446 g/mol. The van der Waals surface area contributed by atoms with Gasteiger partial charge >= 0.3 is 5.76 Å². The summed E-state index contributed by atoms with van der Waals surface area (Å²) in [7, 11) is -4.81. The number of aliphatic hydroxyl groups is 1. The van der Waals surface area contributed by atoms with Gasteiger partial charge in [0.05, 0.1) is 18.4 Å². The first kappa shape index (κ1) is 21.2. The minimum absolute atomic E-state index is 0.0344. The highest BCUT2D eigenvalue weighted by molar-refractivity contribution is 7.93. The summed E-state index contributed by atoms with van der Waals surface area (Å²) in [6.45, 7) is 0.286. The summed E-state index contributed by atoms with van der Waals surface area (Å²) in [4.78, 5) is 4.29. The molecule has 9 heteroatoms. The summed E-state index contributed by atoms with van der Waals surface area (Å²) in [5.41, 5.74) is 2.49. The van der Waals surface area contributed by atoms with Crippen molar-refractivity contribution in [2.45, 2.75) is 18.3 Å². The lowest BCUT2D eigenvalue weighted by molar-refractivity contribution is 0.0503. The first-order valence-electron chi connectivity index (χ1n) is 9.59. The number of alkyl halides is 2. The van der Waals surface area contributed by atoms with E-state index in [0.717, 1.165) is 5.69 Å². The van der Waals surface area contributed by atoms with E-state index in [4.69, 9.17) is 4.74 Å². The quantitative estimate of drug-likeness (QED) is 0.598. The van der Waals surface area contributed by atoms with Crippen LogP contribution < -0.4 is 9.46 Å². The fourth-order valence-electron chi connectivity index (χ4n) is 3.59. The Labute approximate surface area is 178 Å². The van der Waals surface area contributed by atoms with Crippen molar-refractivity contribution in [2.75, 3.05) is 11.3 Å². The van der Waals surface area contributed by atoms with Gasteiger partial charge in [0.1, 0.15) is 5.75 Å². The second kappa shape index (κ2) is 8.60. The van der Waals surface area contributed by atoms with Gasteiger partial charge in [-0.15, -0.1) is 0 Å². The van der Waals surface area contributed by atoms with Crippen molar-refractivity contribution in [1.29, 1.82) is 0 Å². The van der Waals surface area contributed by atoms with Crippen LogP contribution in [0.15, 0.2) is 66.9 Å². The Morgan fingerprint density at radius 1 is 1.13 bits per heavy atom. The van der Waals surface area contributed by atoms with Gasteiger partial charge in [-0.25, -0.2) is 8.42 Å². The second-order valence-corrected chi connectivity index (χ2v) is 8.90. The number of aliphatic hydroxyl groups excluding tert-OH is 1. The summed E-state index contributed by atoms with van der Waals surface area (Å²) in [5, 5.41) is 10.8. The molecule has 31 heavy (non-hydrogen) atoms. The van der Waals surface area contributed by atoms with Crippen LogP contribution in [0.25, 0.3) is 11.1 Å². The molecule has 0 fully saturated rings. The number of hydrogen-bond donors (Lipinski definition) is 2. The van der Waals surface area contributed by atoms with Crippen molar-refractivity contribution >= 4 is 15.7 Å². The summed E-state index contributed by atoms with van der Waals surface area (Å²) < 4.78 is 56.6. The number of aromatic nitrogens is 1. The molecule has 162 valence electrons. The zero-order valence-corrected chi connectivity index (χ0v) is 17.1. The molecule has 2 aromatic carbocycles. The highest BCUT2D eigenvalue weighted by Crippen LogP contribution is 2.40. The number of rotatable bonds is 6. The number of anilines is 1. The van der Waals surface area contributed by atoms with Crippen molar-refractivity contribution in [3.8, 4) is 16.9 Å². The van der Waals surface area contributed by atoms with Crippen LogP contribution in [0.4, 0.5) is 14.5 Å². The number of pyridine rings is 1. The number of nitrogens with zero attached hydrogens (tertiary/aromatic N) is 1. The lowest BCUT2D eigenvalue weighted by atomic mass is 9.88. The van der Waals surface area contributed by atoms with Gasteiger partial charge in [-0.3, -0.25) is 9.71 Å². The molecule has 0 aliphatic carbocycles. The molecule has 0 spiro atoms. The van der Waals surface area contributed by atoms with Crippen molar-refractivity contribution < 1.29 is 27.0 Å². The predicted molar refractivity (Wildman–Crippen MR) is 112 cm³/mol. The number of benzene rings is 2. The maximum absolute atomic E-state index is 12.8. The van der Waals surface area contributed by atoms with Gasteiger partial charge in [0.2, 0.25) is 0 Å². The Morgan fingerprint density at radius 2 is 1.90 bits per heavy atom. The lowest BCUT2D eigenvalue weighted by Crippen LogP contribution is -2.28. The van der Waals surface area contributed by atoms with Crippen molar-refractivity contribution in [2.24, 2.45) is 5.92 Å². The van der Waals surface area contributed by atoms with E-state index in [1.54, 1.807) is 42.6 Å². The van der Waals surface area contributed by atoms with Crippen LogP contribution in [-0.2, 0) is 16.4 Å². The largest absolute Gasteiger partial charge is 0.493 e. The molecule has 0 saturated heterocycles. The molecule has 6 nitrogen and oxygen atoms in total. The van der Waals surface area contributed by atoms with Gasteiger partial charge in [0.25, 0.3) is 10.0 Å². The van der Waals surface area contributed by atoms with Crippen molar-refractivity contribution in [3.63, 3.8) is 0 Å². The molecule has 1 aliphatic rings. The van der Waals surface area contributed by atoms with Gasteiger partial charge in [0.15, 0.2) is 0 Å². The first-order valence-corrected chi connectivity index (χ1v) is 11.1. The molecule has 2 N–H and O–H groups in total. The van der Waals surface area contributed by atoms with E-state index in [-0.39, 0.29) is 18.2 Å². The van der Waals surface area contributed by atoms with Gasteiger partial charge in [-0.05, 0) is 36.2 Å².